The second kappa shape index (κ2) is 7.34. The quantitative estimate of drug-likeness (QED) is 0.726. The number of nitrogens with zero attached hydrogens (tertiary/aromatic N) is 2. The Bertz CT molecular complexity index is 962. The molecule has 2 aromatic rings. The molecule has 0 bridgehead atoms. The van der Waals surface area contributed by atoms with Crippen molar-refractivity contribution in [2.24, 2.45) is 0 Å². The average Bonchev–Trinajstić information content (AvgIpc) is 3.37. The lowest BCUT2D eigenvalue weighted by molar-refractivity contribution is -0.127. The predicted octanol–water partition coefficient (Wildman–Crippen LogP) is 2.02. The number of piperazine rings is 1. The van der Waals surface area contributed by atoms with Gasteiger partial charge in [0.15, 0.2) is 11.5 Å². The first-order valence-electron chi connectivity index (χ1n) is 8.44. The number of amides is 1. The van der Waals surface area contributed by atoms with Crippen LogP contribution in [0.3, 0.4) is 0 Å². The zero-order valence-electron chi connectivity index (χ0n) is 14.4. The van der Waals surface area contributed by atoms with Crippen molar-refractivity contribution < 1.29 is 22.7 Å². The Balaban J connectivity index is 1.36. The maximum absolute atomic E-state index is 12.5. The summed E-state index contributed by atoms with van der Waals surface area (Å²) in [6.07, 6.45) is 3.22. The molecule has 1 amide bonds. The number of thiophene rings is 1. The fourth-order valence-corrected chi connectivity index (χ4v) is 5.54. The maximum atomic E-state index is 12.5. The number of carbonyl (C=O) groups is 1. The van der Waals surface area contributed by atoms with Gasteiger partial charge in [0.05, 0.1) is 0 Å². The van der Waals surface area contributed by atoms with Crippen LogP contribution in [-0.4, -0.2) is 56.5 Å². The largest absolute Gasteiger partial charge is 0.454 e. The van der Waals surface area contributed by atoms with Crippen LogP contribution in [0.4, 0.5) is 0 Å². The van der Waals surface area contributed by atoms with Crippen LogP contribution in [0.2, 0.25) is 0 Å². The van der Waals surface area contributed by atoms with Gasteiger partial charge in [0.25, 0.3) is 10.0 Å². The highest BCUT2D eigenvalue weighted by atomic mass is 32.2. The Kier molecular flexibility index (Phi) is 4.90. The molecule has 0 aliphatic carbocycles. The molecular weight excluding hydrogens is 388 g/mol. The van der Waals surface area contributed by atoms with Gasteiger partial charge in [-0.25, -0.2) is 8.42 Å². The standard InChI is InChI=1S/C18H18N2O5S2/c21-17(6-4-14-3-5-15-16(12-14)25-13-24-15)19-7-9-20(10-8-19)27(22,23)18-2-1-11-26-18/h1-6,11-12H,7-10,13H2/b6-4+. The molecule has 2 aliphatic rings. The highest BCUT2D eigenvalue weighted by Gasteiger charge is 2.30. The van der Waals surface area contributed by atoms with Gasteiger partial charge in [-0.05, 0) is 35.2 Å². The van der Waals surface area contributed by atoms with Gasteiger partial charge < -0.3 is 14.4 Å². The van der Waals surface area contributed by atoms with Crippen molar-refractivity contribution in [3.8, 4) is 11.5 Å². The van der Waals surface area contributed by atoms with Crippen molar-refractivity contribution in [1.82, 2.24) is 9.21 Å². The summed E-state index contributed by atoms with van der Waals surface area (Å²) < 4.78 is 37.4. The minimum Gasteiger partial charge on any atom is -0.454 e. The van der Waals surface area contributed by atoms with Gasteiger partial charge in [-0.15, -0.1) is 11.3 Å². The van der Waals surface area contributed by atoms with Gasteiger partial charge in [0.2, 0.25) is 12.7 Å². The summed E-state index contributed by atoms with van der Waals surface area (Å²) in [6.45, 7) is 1.54. The molecular formula is C18H18N2O5S2. The number of carbonyl (C=O) groups excluding carboxylic acids is 1. The fraction of sp³-hybridized carbons (Fsp3) is 0.278. The first kappa shape index (κ1) is 18.0. The van der Waals surface area contributed by atoms with Crippen molar-refractivity contribution in [3.05, 3.63) is 47.4 Å². The van der Waals surface area contributed by atoms with Crippen LogP contribution in [-0.2, 0) is 14.8 Å². The maximum Gasteiger partial charge on any atom is 0.252 e. The van der Waals surface area contributed by atoms with E-state index in [0.29, 0.717) is 41.9 Å². The van der Waals surface area contributed by atoms with E-state index in [1.807, 2.05) is 12.1 Å². The molecule has 3 heterocycles. The minimum absolute atomic E-state index is 0.138. The molecule has 27 heavy (non-hydrogen) atoms. The number of fused-ring (bicyclic) bond motifs is 1. The number of sulfonamides is 1. The third-order valence-electron chi connectivity index (χ3n) is 4.45. The highest BCUT2D eigenvalue weighted by Crippen LogP contribution is 2.32. The third-order valence-corrected chi connectivity index (χ3v) is 7.73. The lowest BCUT2D eigenvalue weighted by Gasteiger charge is -2.33. The van der Waals surface area contributed by atoms with Crippen LogP contribution < -0.4 is 9.47 Å². The number of benzene rings is 1. The molecule has 142 valence electrons. The summed E-state index contributed by atoms with van der Waals surface area (Å²) >= 11 is 1.20. The topological polar surface area (TPSA) is 76.2 Å². The van der Waals surface area contributed by atoms with Crippen LogP contribution in [0, 0.1) is 0 Å². The second-order valence-corrected chi connectivity index (χ2v) is 9.22. The van der Waals surface area contributed by atoms with Crippen LogP contribution in [0.1, 0.15) is 5.56 Å². The molecule has 0 N–H and O–H groups in total. The SMILES string of the molecule is O=C(/C=C/c1ccc2c(c1)OCO2)N1CCN(S(=O)(=O)c2cccs2)CC1. The van der Waals surface area contributed by atoms with Gasteiger partial charge >= 0.3 is 0 Å². The van der Waals surface area contributed by atoms with Crippen LogP contribution in [0.5, 0.6) is 11.5 Å². The third kappa shape index (κ3) is 3.71. The van der Waals surface area contributed by atoms with E-state index in [1.165, 1.54) is 21.7 Å². The Morgan fingerprint density at radius 2 is 1.85 bits per heavy atom. The van der Waals surface area contributed by atoms with Crippen LogP contribution in [0.25, 0.3) is 6.08 Å². The monoisotopic (exact) mass is 406 g/mol. The number of ether oxygens (including phenoxy) is 2. The number of hydrogen-bond acceptors (Lipinski definition) is 6. The molecule has 1 fully saturated rings. The zero-order chi connectivity index (χ0) is 18.9. The average molecular weight is 406 g/mol. The van der Waals surface area contributed by atoms with Gasteiger partial charge in [0, 0.05) is 32.3 Å². The first-order valence-corrected chi connectivity index (χ1v) is 10.8. The lowest BCUT2D eigenvalue weighted by atomic mass is 10.2. The van der Waals surface area contributed by atoms with Gasteiger partial charge in [-0.3, -0.25) is 4.79 Å². The van der Waals surface area contributed by atoms with Gasteiger partial charge in [-0.2, -0.15) is 4.31 Å². The summed E-state index contributed by atoms with van der Waals surface area (Å²) in [4.78, 5) is 14.1. The fourth-order valence-electron chi connectivity index (χ4n) is 2.98. The number of rotatable bonds is 4. The molecule has 0 saturated carbocycles. The zero-order valence-corrected chi connectivity index (χ0v) is 16.0. The Morgan fingerprint density at radius 1 is 1.07 bits per heavy atom. The van der Waals surface area contributed by atoms with E-state index in [0.717, 1.165) is 5.56 Å². The Labute approximate surface area is 161 Å². The predicted molar refractivity (Wildman–Crippen MR) is 101 cm³/mol. The van der Waals surface area contributed by atoms with E-state index >= 15 is 0 Å². The summed E-state index contributed by atoms with van der Waals surface area (Å²) in [5.74, 6) is 1.22. The summed E-state index contributed by atoms with van der Waals surface area (Å²) in [6, 6.07) is 8.80. The summed E-state index contributed by atoms with van der Waals surface area (Å²) in [7, 11) is -3.46. The molecule has 1 aromatic heterocycles. The van der Waals surface area contributed by atoms with Crippen LogP contribution >= 0.6 is 11.3 Å². The highest BCUT2D eigenvalue weighted by molar-refractivity contribution is 7.91. The molecule has 4 rings (SSSR count). The Morgan fingerprint density at radius 3 is 2.59 bits per heavy atom. The molecule has 1 aromatic carbocycles. The van der Waals surface area contributed by atoms with Crippen molar-refractivity contribution in [2.75, 3.05) is 33.0 Å². The van der Waals surface area contributed by atoms with E-state index in [9.17, 15) is 13.2 Å². The van der Waals surface area contributed by atoms with E-state index in [-0.39, 0.29) is 12.7 Å². The molecule has 7 nitrogen and oxygen atoms in total. The van der Waals surface area contributed by atoms with E-state index in [4.69, 9.17) is 9.47 Å². The van der Waals surface area contributed by atoms with Gasteiger partial charge in [-0.1, -0.05) is 12.1 Å². The van der Waals surface area contributed by atoms with Crippen molar-refractivity contribution in [2.45, 2.75) is 4.21 Å². The van der Waals surface area contributed by atoms with E-state index < -0.39 is 10.0 Å². The molecule has 0 unspecified atom stereocenters. The first-order chi connectivity index (χ1) is 13.0. The smallest absolute Gasteiger partial charge is 0.252 e. The molecule has 0 atom stereocenters. The molecule has 0 radical (unpaired) electrons. The summed E-state index contributed by atoms with van der Waals surface area (Å²) in [5, 5.41) is 1.74. The summed E-state index contributed by atoms with van der Waals surface area (Å²) in [5.41, 5.74) is 0.839. The normalized spacial score (nSPS) is 17.6. The van der Waals surface area contributed by atoms with Crippen molar-refractivity contribution >= 4 is 33.3 Å². The molecule has 1 saturated heterocycles. The Hall–Kier alpha value is -2.36. The minimum atomic E-state index is -3.46. The van der Waals surface area contributed by atoms with Gasteiger partial charge in [0.1, 0.15) is 4.21 Å². The second-order valence-electron chi connectivity index (χ2n) is 6.11. The van der Waals surface area contributed by atoms with Crippen molar-refractivity contribution in [3.63, 3.8) is 0 Å². The number of hydrogen-bond donors (Lipinski definition) is 0. The van der Waals surface area contributed by atoms with E-state index in [1.54, 1.807) is 34.6 Å². The molecule has 9 heteroatoms. The van der Waals surface area contributed by atoms with E-state index in [2.05, 4.69) is 0 Å². The molecule has 0 spiro atoms. The van der Waals surface area contributed by atoms with Crippen molar-refractivity contribution in [1.29, 1.82) is 0 Å². The lowest BCUT2D eigenvalue weighted by Crippen LogP contribution is -2.50. The van der Waals surface area contributed by atoms with Crippen LogP contribution in [0.15, 0.2) is 46.0 Å². The molecule has 2 aliphatic heterocycles.